The van der Waals surface area contributed by atoms with Crippen LogP contribution in [0.15, 0.2) is 0 Å². The fraction of sp³-hybridized carbons (Fsp3) is 1.00. The lowest BCUT2D eigenvalue weighted by Crippen LogP contribution is -2.45. The van der Waals surface area contributed by atoms with Crippen LogP contribution in [0, 0.1) is 23.2 Å². The van der Waals surface area contributed by atoms with Gasteiger partial charge in [-0.1, -0.05) is 27.2 Å². The van der Waals surface area contributed by atoms with Crippen molar-refractivity contribution in [2.45, 2.75) is 52.9 Å². The summed E-state index contributed by atoms with van der Waals surface area (Å²) >= 11 is 0. The third-order valence-electron chi connectivity index (χ3n) is 4.67. The zero-order valence-corrected chi connectivity index (χ0v) is 12.6. The zero-order valence-electron chi connectivity index (χ0n) is 12.6. The molecule has 0 aromatic rings. The van der Waals surface area contributed by atoms with Gasteiger partial charge in [0.1, 0.15) is 0 Å². The highest BCUT2D eigenvalue weighted by Gasteiger charge is 2.31. The molecule has 1 saturated heterocycles. The topological polar surface area (TPSA) is 29.3 Å². The molecule has 0 radical (unpaired) electrons. The number of likely N-dealkylation sites (tertiary alicyclic amines) is 1. The maximum Gasteiger partial charge on any atom is 0.00221 e. The number of nitrogens with zero attached hydrogens (tertiary/aromatic N) is 1. The van der Waals surface area contributed by atoms with Gasteiger partial charge in [0, 0.05) is 19.6 Å². The Morgan fingerprint density at radius 3 is 2.28 bits per heavy atom. The summed E-state index contributed by atoms with van der Waals surface area (Å²) in [5.74, 6) is 2.67. The van der Waals surface area contributed by atoms with Crippen LogP contribution in [-0.4, -0.2) is 31.1 Å². The van der Waals surface area contributed by atoms with E-state index in [1.165, 1.54) is 51.7 Å². The molecular formula is C16H32N2. The van der Waals surface area contributed by atoms with Gasteiger partial charge in [0.05, 0.1) is 0 Å². The number of piperidine rings is 1. The quantitative estimate of drug-likeness (QED) is 0.833. The van der Waals surface area contributed by atoms with E-state index < -0.39 is 0 Å². The van der Waals surface area contributed by atoms with E-state index in [1.54, 1.807) is 0 Å². The summed E-state index contributed by atoms with van der Waals surface area (Å²) < 4.78 is 0. The van der Waals surface area contributed by atoms with Gasteiger partial charge in [-0.15, -0.1) is 0 Å². The lowest BCUT2D eigenvalue weighted by Gasteiger charge is -2.43. The first kappa shape index (κ1) is 14.3. The van der Waals surface area contributed by atoms with Crippen LogP contribution in [0.4, 0.5) is 0 Å². The Hall–Kier alpha value is -0.0800. The highest BCUT2D eigenvalue weighted by molar-refractivity contribution is 4.85. The Morgan fingerprint density at radius 2 is 1.78 bits per heavy atom. The Labute approximate surface area is 113 Å². The molecular weight excluding hydrogens is 220 g/mol. The van der Waals surface area contributed by atoms with Crippen LogP contribution in [0.2, 0.25) is 0 Å². The van der Waals surface area contributed by atoms with E-state index in [2.05, 4.69) is 25.7 Å². The normalized spacial score (nSPS) is 31.3. The van der Waals surface area contributed by atoms with E-state index in [1.807, 2.05) is 0 Å². The van der Waals surface area contributed by atoms with Crippen molar-refractivity contribution >= 4 is 0 Å². The van der Waals surface area contributed by atoms with Crippen molar-refractivity contribution in [2.75, 3.05) is 26.2 Å². The number of fused-ring (bicyclic) bond motifs is 2. The lowest BCUT2D eigenvalue weighted by atomic mass is 9.77. The van der Waals surface area contributed by atoms with Crippen molar-refractivity contribution < 1.29 is 0 Å². The number of rotatable bonds is 4. The molecule has 2 rings (SSSR count). The third kappa shape index (κ3) is 4.24. The van der Waals surface area contributed by atoms with Crippen LogP contribution in [0.25, 0.3) is 0 Å². The Balaban J connectivity index is 1.84. The average molecular weight is 252 g/mol. The van der Waals surface area contributed by atoms with Crippen molar-refractivity contribution in [1.82, 2.24) is 4.90 Å². The molecule has 2 nitrogen and oxygen atoms in total. The molecule has 0 aromatic heterocycles. The van der Waals surface area contributed by atoms with Crippen molar-refractivity contribution in [1.29, 1.82) is 0 Å². The third-order valence-corrected chi connectivity index (χ3v) is 4.67. The Bertz CT molecular complexity index is 244. The summed E-state index contributed by atoms with van der Waals surface area (Å²) in [7, 11) is 0. The predicted octanol–water partition coefficient (Wildman–Crippen LogP) is 3.12. The zero-order chi connectivity index (χ0) is 13.2. The van der Waals surface area contributed by atoms with Gasteiger partial charge in [0.25, 0.3) is 0 Å². The number of hydrogen-bond acceptors (Lipinski definition) is 2. The summed E-state index contributed by atoms with van der Waals surface area (Å²) in [6, 6.07) is 0. The van der Waals surface area contributed by atoms with E-state index in [0.717, 1.165) is 18.4 Å². The van der Waals surface area contributed by atoms with Crippen molar-refractivity contribution in [3.63, 3.8) is 0 Å². The molecule has 2 aliphatic rings. The molecule has 1 aliphatic heterocycles. The molecule has 2 heteroatoms. The molecule has 1 saturated carbocycles. The molecule has 2 bridgehead atoms. The van der Waals surface area contributed by atoms with E-state index in [-0.39, 0.29) is 0 Å². The molecule has 2 N–H and O–H groups in total. The summed E-state index contributed by atoms with van der Waals surface area (Å²) in [6.45, 7) is 11.8. The summed E-state index contributed by atoms with van der Waals surface area (Å²) in [5, 5.41) is 0. The minimum atomic E-state index is 0.412. The van der Waals surface area contributed by atoms with Gasteiger partial charge in [0.15, 0.2) is 0 Å². The van der Waals surface area contributed by atoms with Crippen LogP contribution in [0.5, 0.6) is 0 Å². The fourth-order valence-corrected chi connectivity index (χ4v) is 4.14. The molecule has 2 fully saturated rings. The molecule has 106 valence electrons. The first-order valence-corrected chi connectivity index (χ1v) is 7.88. The first-order chi connectivity index (χ1) is 8.46. The maximum atomic E-state index is 5.99. The van der Waals surface area contributed by atoms with E-state index in [9.17, 15) is 0 Å². The van der Waals surface area contributed by atoms with Gasteiger partial charge in [-0.25, -0.2) is 0 Å². The van der Waals surface area contributed by atoms with Crippen molar-refractivity contribution in [3.8, 4) is 0 Å². The second-order valence-electron chi connectivity index (χ2n) is 7.98. The largest absolute Gasteiger partial charge is 0.330 e. The smallest absolute Gasteiger partial charge is 0.00221 e. The van der Waals surface area contributed by atoms with Gasteiger partial charge in [-0.05, 0) is 55.4 Å². The number of nitrogens with two attached hydrogens (primary N) is 1. The Morgan fingerprint density at radius 1 is 1.17 bits per heavy atom. The van der Waals surface area contributed by atoms with Gasteiger partial charge >= 0.3 is 0 Å². The number of hydrogen-bond donors (Lipinski definition) is 1. The first-order valence-electron chi connectivity index (χ1n) is 7.88. The van der Waals surface area contributed by atoms with Gasteiger partial charge in [-0.3, -0.25) is 0 Å². The highest BCUT2D eigenvalue weighted by Crippen LogP contribution is 2.35. The monoisotopic (exact) mass is 252 g/mol. The highest BCUT2D eigenvalue weighted by atomic mass is 15.1. The maximum absolute atomic E-state index is 5.99. The summed E-state index contributed by atoms with van der Waals surface area (Å²) in [4.78, 5) is 2.72. The van der Waals surface area contributed by atoms with Gasteiger partial charge < -0.3 is 10.6 Å². The SMILES string of the molecule is CC(C)(C)CC(CN)CN1CC2CCCC(C2)C1. The van der Waals surface area contributed by atoms with Crippen molar-refractivity contribution in [2.24, 2.45) is 28.9 Å². The van der Waals surface area contributed by atoms with E-state index >= 15 is 0 Å². The molecule has 3 unspecified atom stereocenters. The van der Waals surface area contributed by atoms with Crippen LogP contribution in [0.1, 0.15) is 52.9 Å². The minimum absolute atomic E-state index is 0.412. The average Bonchev–Trinajstić information content (AvgIpc) is 2.25. The van der Waals surface area contributed by atoms with Crippen LogP contribution in [0.3, 0.4) is 0 Å². The fourth-order valence-electron chi connectivity index (χ4n) is 4.14. The second-order valence-corrected chi connectivity index (χ2v) is 7.98. The van der Waals surface area contributed by atoms with E-state index in [4.69, 9.17) is 5.73 Å². The lowest BCUT2D eigenvalue weighted by molar-refractivity contribution is 0.0685. The summed E-state index contributed by atoms with van der Waals surface area (Å²) in [5.41, 5.74) is 6.40. The van der Waals surface area contributed by atoms with Crippen LogP contribution >= 0.6 is 0 Å². The van der Waals surface area contributed by atoms with Crippen molar-refractivity contribution in [3.05, 3.63) is 0 Å². The predicted molar refractivity (Wildman–Crippen MR) is 78.5 cm³/mol. The molecule has 18 heavy (non-hydrogen) atoms. The standard InChI is InChI=1S/C16H32N2/c1-16(2,3)8-15(9-17)12-18-10-13-5-4-6-14(7-13)11-18/h13-15H,4-12,17H2,1-3H3. The van der Waals surface area contributed by atoms with Gasteiger partial charge in [-0.2, -0.15) is 0 Å². The molecule has 1 heterocycles. The minimum Gasteiger partial charge on any atom is -0.330 e. The second kappa shape index (κ2) is 5.92. The molecule has 3 atom stereocenters. The van der Waals surface area contributed by atoms with Gasteiger partial charge in [0.2, 0.25) is 0 Å². The molecule has 0 aromatic carbocycles. The summed E-state index contributed by atoms with van der Waals surface area (Å²) in [6.07, 6.45) is 7.18. The molecule has 0 amide bonds. The molecule has 1 aliphatic carbocycles. The van der Waals surface area contributed by atoms with E-state index in [0.29, 0.717) is 11.3 Å². The Kier molecular flexibility index (Phi) is 4.71. The molecule has 0 spiro atoms. The van der Waals surface area contributed by atoms with Crippen LogP contribution < -0.4 is 5.73 Å². The van der Waals surface area contributed by atoms with Crippen LogP contribution in [-0.2, 0) is 0 Å².